The number of imide groups is 1. The predicted octanol–water partition coefficient (Wildman–Crippen LogP) is 1.58. The fourth-order valence-electron chi connectivity index (χ4n) is 2.22. The van der Waals surface area contributed by atoms with Crippen LogP contribution in [-0.2, 0) is 16.1 Å². The highest BCUT2D eigenvalue weighted by atomic mass is 16.6. The standard InChI is InChI=1S/C14H16N2O5/c1-2-14(11(17)18)9-15-12(19)16(14)13(20)21-8-10-6-4-3-5-7-10/h3-7H,2,8-9H2,1H3,(H,15,19)(H,17,18)/t14-/m0/s1. The Morgan fingerprint density at radius 1 is 1.38 bits per heavy atom. The first-order valence-electron chi connectivity index (χ1n) is 6.53. The third kappa shape index (κ3) is 2.67. The summed E-state index contributed by atoms with van der Waals surface area (Å²) in [5.41, 5.74) is -0.840. The maximum absolute atomic E-state index is 12.1. The molecule has 1 aromatic rings. The molecular weight excluding hydrogens is 276 g/mol. The Bertz CT molecular complexity index is 560. The van der Waals surface area contributed by atoms with Gasteiger partial charge in [-0.05, 0) is 12.0 Å². The van der Waals surface area contributed by atoms with E-state index in [2.05, 4.69) is 5.32 Å². The van der Waals surface area contributed by atoms with Gasteiger partial charge in [-0.25, -0.2) is 19.3 Å². The highest BCUT2D eigenvalue weighted by Gasteiger charge is 2.54. The maximum Gasteiger partial charge on any atom is 0.419 e. The molecule has 0 spiro atoms. The number of carbonyl (C=O) groups is 3. The van der Waals surface area contributed by atoms with Crippen molar-refractivity contribution in [1.29, 1.82) is 0 Å². The molecule has 1 fully saturated rings. The van der Waals surface area contributed by atoms with E-state index in [1.807, 2.05) is 6.07 Å². The van der Waals surface area contributed by atoms with E-state index in [0.29, 0.717) is 4.90 Å². The lowest BCUT2D eigenvalue weighted by molar-refractivity contribution is -0.147. The normalized spacial score (nSPS) is 21.0. The molecular formula is C14H16N2O5. The third-order valence-corrected chi connectivity index (χ3v) is 3.53. The van der Waals surface area contributed by atoms with E-state index >= 15 is 0 Å². The molecule has 1 atom stereocenters. The molecule has 1 aromatic carbocycles. The quantitative estimate of drug-likeness (QED) is 0.878. The highest BCUT2D eigenvalue weighted by molar-refractivity contribution is 6.00. The number of urea groups is 1. The Balaban J connectivity index is 2.12. The summed E-state index contributed by atoms with van der Waals surface area (Å²) in [6, 6.07) is 8.19. The van der Waals surface area contributed by atoms with Crippen LogP contribution in [0.4, 0.5) is 9.59 Å². The summed E-state index contributed by atoms with van der Waals surface area (Å²) in [6.07, 6.45) is -0.861. The SMILES string of the molecule is CC[C@@]1(C(=O)O)CNC(=O)N1C(=O)OCc1ccccc1. The highest BCUT2D eigenvalue weighted by Crippen LogP contribution is 2.26. The lowest BCUT2D eigenvalue weighted by Gasteiger charge is -2.29. The Kier molecular flexibility index (Phi) is 4.11. The van der Waals surface area contributed by atoms with Gasteiger partial charge in [-0.15, -0.1) is 0 Å². The van der Waals surface area contributed by atoms with Gasteiger partial charge in [0.15, 0.2) is 5.54 Å². The van der Waals surface area contributed by atoms with Gasteiger partial charge < -0.3 is 15.2 Å². The second kappa shape index (κ2) is 5.82. The van der Waals surface area contributed by atoms with Crippen LogP contribution in [0.2, 0.25) is 0 Å². The lowest BCUT2D eigenvalue weighted by atomic mass is 9.96. The fourth-order valence-corrected chi connectivity index (χ4v) is 2.22. The summed E-state index contributed by atoms with van der Waals surface area (Å²) in [4.78, 5) is 35.9. The topological polar surface area (TPSA) is 95.9 Å². The van der Waals surface area contributed by atoms with Crippen LogP contribution < -0.4 is 5.32 Å². The number of carbonyl (C=O) groups excluding carboxylic acids is 2. The van der Waals surface area contributed by atoms with Crippen molar-refractivity contribution in [2.24, 2.45) is 0 Å². The third-order valence-electron chi connectivity index (χ3n) is 3.53. The fraction of sp³-hybridized carbons (Fsp3) is 0.357. The molecule has 1 heterocycles. The van der Waals surface area contributed by atoms with Gasteiger partial charge in [0.1, 0.15) is 6.61 Å². The van der Waals surface area contributed by atoms with Crippen LogP contribution in [0, 0.1) is 0 Å². The van der Waals surface area contributed by atoms with Crippen molar-refractivity contribution in [3.63, 3.8) is 0 Å². The molecule has 7 heteroatoms. The number of rotatable bonds is 4. The number of amides is 3. The van der Waals surface area contributed by atoms with Crippen LogP contribution in [0.25, 0.3) is 0 Å². The molecule has 21 heavy (non-hydrogen) atoms. The Hall–Kier alpha value is -2.57. The van der Waals surface area contributed by atoms with Gasteiger partial charge >= 0.3 is 18.1 Å². The molecule has 0 radical (unpaired) electrons. The zero-order valence-corrected chi connectivity index (χ0v) is 11.5. The molecule has 0 aromatic heterocycles. The van der Waals surface area contributed by atoms with Gasteiger partial charge in [0.25, 0.3) is 0 Å². The number of benzene rings is 1. The summed E-state index contributed by atoms with van der Waals surface area (Å²) in [6.45, 7) is 1.45. The van der Waals surface area contributed by atoms with Gasteiger partial charge in [-0.3, -0.25) is 0 Å². The van der Waals surface area contributed by atoms with Crippen LogP contribution in [0.5, 0.6) is 0 Å². The molecule has 2 rings (SSSR count). The average molecular weight is 292 g/mol. The molecule has 0 aliphatic carbocycles. The number of ether oxygens (including phenoxy) is 1. The van der Waals surface area contributed by atoms with Crippen molar-refractivity contribution in [3.8, 4) is 0 Å². The molecule has 7 nitrogen and oxygen atoms in total. The summed E-state index contributed by atoms with van der Waals surface area (Å²) in [7, 11) is 0. The van der Waals surface area contributed by atoms with E-state index < -0.39 is 23.6 Å². The van der Waals surface area contributed by atoms with Crippen LogP contribution in [0.15, 0.2) is 30.3 Å². The first-order chi connectivity index (χ1) is 10.0. The second-order valence-electron chi connectivity index (χ2n) is 4.72. The molecule has 0 bridgehead atoms. The molecule has 3 amide bonds. The summed E-state index contributed by atoms with van der Waals surface area (Å²) >= 11 is 0. The Morgan fingerprint density at radius 3 is 2.62 bits per heavy atom. The van der Waals surface area contributed by atoms with E-state index in [0.717, 1.165) is 5.56 Å². The van der Waals surface area contributed by atoms with Gasteiger partial charge in [0, 0.05) is 0 Å². The summed E-state index contributed by atoms with van der Waals surface area (Å²) in [5, 5.41) is 11.7. The van der Waals surface area contributed by atoms with Gasteiger partial charge in [0.05, 0.1) is 6.54 Å². The molecule has 1 aliphatic heterocycles. The first kappa shape index (κ1) is 14.8. The molecule has 1 saturated heterocycles. The molecule has 0 saturated carbocycles. The average Bonchev–Trinajstić information content (AvgIpc) is 2.84. The van der Waals surface area contributed by atoms with E-state index in [1.54, 1.807) is 31.2 Å². The number of nitrogens with zero attached hydrogens (tertiary/aromatic N) is 1. The minimum Gasteiger partial charge on any atom is -0.479 e. The zero-order chi connectivity index (χ0) is 15.5. The van der Waals surface area contributed by atoms with Crippen molar-refractivity contribution in [2.75, 3.05) is 6.54 Å². The summed E-state index contributed by atoms with van der Waals surface area (Å²) in [5.74, 6) is -1.24. The van der Waals surface area contributed by atoms with Crippen LogP contribution in [0.3, 0.4) is 0 Å². The summed E-state index contributed by atoms with van der Waals surface area (Å²) < 4.78 is 5.05. The van der Waals surface area contributed by atoms with Crippen molar-refractivity contribution in [2.45, 2.75) is 25.5 Å². The lowest BCUT2D eigenvalue weighted by Crippen LogP contribution is -2.55. The van der Waals surface area contributed by atoms with Gasteiger partial charge in [0.2, 0.25) is 0 Å². The molecule has 1 aliphatic rings. The first-order valence-corrected chi connectivity index (χ1v) is 6.53. The zero-order valence-electron chi connectivity index (χ0n) is 11.5. The Labute approximate surface area is 121 Å². The van der Waals surface area contributed by atoms with E-state index in [1.165, 1.54) is 0 Å². The number of carboxylic acids is 1. The number of nitrogens with one attached hydrogen (secondary N) is 1. The smallest absolute Gasteiger partial charge is 0.419 e. The van der Waals surface area contributed by atoms with Crippen molar-refractivity contribution >= 4 is 18.1 Å². The van der Waals surface area contributed by atoms with Crippen molar-refractivity contribution in [1.82, 2.24) is 10.2 Å². The molecule has 0 unspecified atom stereocenters. The molecule has 2 N–H and O–H groups in total. The molecule has 112 valence electrons. The largest absolute Gasteiger partial charge is 0.479 e. The van der Waals surface area contributed by atoms with Crippen LogP contribution in [0.1, 0.15) is 18.9 Å². The van der Waals surface area contributed by atoms with E-state index in [-0.39, 0.29) is 19.6 Å². The van der Waals surface area contributed by atoms with Crippen molar-refractivity contribution in [3.05, 3.63) is 35.9 Å². The van der Waals surface area contributed by atoms with E-state index in [4.69, 9.17) is 4.74 Å². The number of hydrogen-bond donors (Lipinski definition) is 2. The monoisotopic (exact) mass is 292 g/mol. The number of hydrogen-bond acceptors (Lipinski definition) is 4. The Morgan fingerprint density at radius 2 is 2.05 bits per heavy atom. The van der Waals surface area contributed by atoms with E-state index in [9.17, 15) is 19.5 Å². The van der Waals surface area contributed by atoms with Gasteiger partial charge in [-0.1, -0.05) is 37.3 Å². The minimum absolute atomic E-state index is 0.0249. The predicted molar refractivity (Wildman–Crippen MR) is 72.5 cm³/mol. The number of carboxylic acid groups (broad SMARTS) is 1. The second-order valence-corrected chi connectivity index (χ2v) is 4.72. The minimum atomic E-state index is -1.59. The number of aliphatic carboxylic acids is 1. The maximum atomic E-state index is 12.1. The van der Waals surface area contributed by atoms with Gasteiger partial charge in [-0.2, -0.15) is 0 Å². The van der Waals surface area contributed by atoms with Crippen LogP contribution in [-0.4, -0.2) is 40.2 Å². The van der Waals surface area contributed by atoms with Crippen molar-refractivity contribution < 1.29 is 24.2 Å². The van der Waals surface area contributed by atoms with Crippen LogP contribution >= 0.6 is 0 Å².